The second kappa shape index (κ2) is 8.53. The van der Waals surface area contributed by atoms with E-state index >= 15 is 0 Å². The van der Waals surface area contributed by atoms with Gasteiger partial charge in [0.25, 0.3) is 0 Å². The van der Waals surface area contributed by atoms with Crippen LogP contribution in [0.1, 0.15) is 62.0 Å². The summed E-state index contributed by atoms with van der Waals surface area (Å²) in [4.78, 5) is 41.4. The molecule has 2 heterocycles. The molecule has 3 aliphatic rings. The normalized spacial score (nSPS) is 25.8. The maximum Gasteiger partial charge on any atom is 0.244 e. The maximum absolute atomic E-state index is 13.5. The van der Waals surface area contributed by atoms with Gasteiger partial charge in [0, 0.05) is 18.7 Å². The van der Waals surface area contributed by atoms with Crippen LogP contribution >= 0.6 is 0 Å². The topological polar surface area (TPSA) is 66.5 Å². The first-order valence-corrected chi connectivity index (χ1v) is 11.9. The summed E-state index contributed by atoms with van der Waals surface area (Å²) >= 11 is 0. The average Bonchev–Trinajstić information content (AvgIpc) is 3.33. The highest BCUT2D eigenvalue weighted by molar-refractivity contribution is 6.28. The predicted octanol–water partition coefficient (Wildman–Crippen LogP) is 4.48. The number of nitrogens with zero attached hydrogens (tertiary/aromatic N) is 1. The Morgan fingerprint density at radius 3 is 2.38 bits per heavy atom. The quantitative estimate of drug-likeness (QED) is 0.712. The summed E-state index contributed by atoms with van der Waals surface area (Å²) in [5.41, 5.74) is 2.07. The Labute approximate surface area is 189 Å². The summed E-state index contributed by atoms with van der Waals surface area (Å²) in [6.45, 7) is 0.539. The summed E-state index contributed by atoms with van der Waals surface area (Å²) in [5.74, 6) is -1.76. The molecule has 32 heavy (non-hydrogen) atoms. The Morgan fingerprint density at radius 2 is 1.66 bits per heavy atom. The maximum atomic E-state index is 13.5. The standard InChI is InChI=1S/C27H30N2O3/c30-24-23(25(31)28-22-14-12-21(13-15-22)20-10-5-2-6-11-20)26(32)29-17-7-16-27(24,29)18-19-8-3-1-4-9-19/h1,3-4,8-9,12-15,20,23H,2,5-7,10-11,16-18H2,(H,28,31)/t23?,27-/m0/s1. The van der Waals surface area contributed by atoms with Gasteiger partial charge in [0.15, 0.2) is 11.7 Å². The lowest BCUT2D eigenvalue weighted by Gasteiger charge is -2.30. The highest BCUT2D eigenvalue weighted by Gasteiger charge is 2.62. The molecule has 1 saturated carbocycles. The minimum Gasteiger partial charge on any atom is -0.328 e. The summed E-state index contributed by atoms with van der Waals surface area (Å²) in [6.07, 6.45) is 8.18. The molecule has 2 atom stereocenters. The van der Waals surface area contributed by atoms with Crippen molar-refractivity contribution in [1.82, 2.24) is 4.90 Å². The molecule has 2 amide bonds. The number of hydrogen-bond acceptors (Lipinski definition) is 3. The zero-order valence-corrected chi connectivity index (χ0v) is 18.4. The highest BCUT2D eigenvalue weighted by atomic mass is 16.2. The lowest BCUT2D eigenvalue weighted by Crippen LogP contribution is -2.47. The average molecular weight is 431 g/mol. The number of ketones is 1. The van der Waals surface area contributed by atoms with Crippen LogP contribution in [0.15, 0.2) is 54.6 Å². The fraction of sp³-hybridized carbons (Fsp3) is 0.444. The van der Waals surface area contributed by atoms with Crippen molar-refractivity contribution in [2.75, 3.05) is 11.9 Å². The molecule has 2 aromatic rings. The van der Waals surface area contributed by atoms with Gasteiger partial charge in [-0.25, -0.2) is 0 Å². The lowest BCUT2D eigenvalue weighted by atomic mass is 9.82. The molecule has 0 radical (unpaired) electrons. The number of hydrogen-bond donors (Lipinski definition) is 1. The van der Waals surface area contributed by atoms with Gasteiger partial charge in [0.05, 0.1) is 0 Å². The van der Waals surface area contributed by atoms with Gasteiger partial charge < -0.3 is 10.2 Å². The van der Waals surface area contributed by atoms with Crippen LogP contribution in [0, 0.1) is 5.92 Å². The Kier molecular flexibility index (Phi) is 5.58. The molecule has 0 spiro atoms. The molecule has 5 rings (SSSR count). The van der Waals surface area contributed by atoms with Crippen molar-refractivity contribution in [1.29, 1.82) is 0 Å². The van der Waals surface area contributed by atoms with Crippen molar-refractivity contribution in [3.05, 3.63) is 65.7 Å². The third-order valence-electron chi connectivity index (χ3n) is 7.58. The number of carbonyl (C=O) groups excluding carboxylic acids is 3. The molecule has 166 valence electrons. The third kappa shape index (κ3) is 3.64. The number of Topliss-reactive ketones (excluding diaryl/α,β-unsaturated/α-hetero) is 1. The van der Waals surface area contributed by atoms with E-state index in [1.54, 1.807) is 4.90 Å². The van der Waals surface area contributed by atoms with E-state index in [-0.39, 0.29) is 11.7 Å². The van der Waals surface area contributed by atoms with Crippen LogP contribution in [0.25, 0.3) is 0 Å². The minimum absolute atomic E-state index is 0.250. The predicted molar refractivity (Wildman–Crippen MR) is 123 cm³/mol. The van der Waals surface area contributed by atoms with Gasteiger partial charge in [-0.1, -0.05) is 61.7 Å². The van der Waals surface area contributed by atoms with Gasteiger partial charge in [-0.15, -0.1) is 0 Å². The molecule has 1 N–H and O–H groups in total. The minimum atomic E-state index is -1.25. The zero-order chi connectivity index (χ0) is 22.1. The number of anilines is 1. The van der Waals surface area contributed by atoms with Gasteiger partial charge in [0.2, 0.25) is 11.8 Å². The highest BCUT2D eigenvalue weighted by Crippen LogP contribution is 2.42. The number of carbonyl (C=O) groups is 3. The fourth-order valence-electron chi connectivity index (χ4n) is 5.92. The third-order valence-corrected chi connectivity index (χ3v) is 7.58. The summed E-state index contributed by atoms with van der Waals surface area (Å²) < 4.78 is 0. The lowest BCUT2D eigenvalue weighted by molar-refractivity contribution is -0.137. The van der Waals surface area contributed by atoms with Gasteiger partial charge in [-0.3, -0.25) is 14.4 Å². The number of fused-ring (bicyclic) bond motifs is 1. The van der Waals surface area contributed by atoms with Crippen molar-refractivity contribution >= 4 is 23.3 Å². The molecule has 2 aliphatic heterocycles. The summed E-state index contributed by atoms with van der Waals surface area (Å²) in [5, 5.41) is 2.84. The van der Waals surface area contributed by atoms with Crippen LogP contribution in [0.3, 0.4) is 0 Å². The van der Waals surface area contributed by atoms with Crippen LogP contribution in [-0.2, 0) is 20.8 Å². The summed E-state index contributed by atoms with van der Waals surface area (Å²) in [7, 11) is 0. The largest absolute Gasteiger partial charge is 0.328 e. The first kappa shape index (κ1) is 20.9. The molecule has 1 unspecified atom stereocenters. The van der Waals surface area contributed by atoms with Gasteiger partial charge in [0.1, 0.15) is 5.54 Å². The zero-order valence-electron chi connectivity index (χ0n) is 18.4. The van der Waals surface area contributed by atoms with Crippen LogP contribution in [0.4, 0.5) is 5.69 Å². The smallest absolute Gasteiger partial charge is 0.244 e. The SMILES string of the molecule is O=C(Nc1ccc(C2CCCCC2)cc1)C1C(=O)N2CCC[C@]2(Cc2ccccc2)C1=O. The Hall–Kier alpha value is -2.95. The van der Waals surface area contributed by atoms with E-state index in [2.05, 4.69) is 17.4 Å². The first-order chi connectivity index (χ1) is 15.6. The fourth-order valence-corrected chi connectivity index (χ4v) is 5.92. The van der Waals surface area contributed by atoms with E-state index in [9.17, 15) is 14.4 Å². The monoisotopic (exact) mass is 430 g/mol. The Bertz CT molecular complexity index is 1010. The van der Waals surface area contributed by atoms with Crippen LogP contribution in [0.5, 0.6) is 0 Å². The van der Waals surface area contributed by atoms with E-state index in [4.69, 9.17) is 0 Å². The molecule has 0 aromatic heterocycles. The van der Waals surface area contributed by atoms with E-state index in [0.717, 1.165) is 12.0 Å². The first-order valence-electron chi connectivity index (χ1n) is 11.9. The van der Waals surface area contributed by atoms with E-state index < -0.39 is 17.4 Å². The van der Waals surface area contributed by atoms with Crippen molar-refractivity contribution < 1.29 is 14.4 Å². The molecule has 3 fully saturated rings. The van der Waals surface area contributed by atoms with Crippen LogP contribution in [-0.4, -0.2) is 34.6 Å². The molecule has 5 heteroatoms. The Morgan fingerprint density at radius 1 is 0.938 bits per heavy atom. The van der Waals surface area contributed by atoms with Gasteiger partial charge >= 0.3 is 0 Å². The van der Waals surface area contributed by atoms with Crippen molar-refractivity contribution in [2.45, 2.75) is 62.8 Å². The molecule has 2 aromatic carbocycles. The van der Waals surface area contributed by atoms with E-state index in [1.165, 1.54) is 37.7 Å². The number of benzene rings is 2. The second-order valence-electron chi connectivity index (χ2n) is 9.53. The Balaban J connectivity index is 1.31. The number of amides is 2. The van der Waals surface area contributed by atoms with Crippen LogP contribution < -0.4 is 5.32 Å². The van der Waals surface area contributed by atoms with Crippen molar-refractivity contribution in [3.63, 3.8) is 0 Å². The van der Waals surface area contributed by atoms with Crippen molar-refractivity contribution in [2.24, 2.45) is 5.92 Å². The molecule has 5 nitrogen and oxygen atoms in total. The van der Waals surface area contributed by atoms with Gasteiger partial charge in [-0.2, -0.15) is 0 Å². The van der Waals surface area contributed by atoms with Crippen LogP contribution in [0.2, 0.25) is 0 Å². The molecular formula is C27H30N2O3. The number of rotatable bonds is 5. The van der Waals surface area contributed by atoms with E-state index in [0.29, 0.717) is 31.0 Å². The van der Waals surface area contributed by atoms with E-state index in [1.807, 2.05) is 42.5 Å². The summed E-state index contributed by atoms with van der Waals surface area (Å²) in [6, 6.07) is 17.7. The molecule has 2 saturated heterocycles. The molecule has 0 bridgehead atoms. The van der Waals surface area contributed by atoms with Crippen molar-refractivity contribution in [3.8, 4) is 0 Å². The molecular weight excluding hydrogens is 400 g/mol. The second-order valence-corrected chi connectivity index (χ2v) is 9.53. The number of nitrogens with one attached hydrogen (secondary N) is 1. The van der Waals surface area contributed by atoms with Gasteiger partial charge in [-0.05, 0) is 54.9 Å². The molecule has 1 aliphatic carbocycles.